The number of amides is 1. The molecule has 0 N–H and O–H groups in total. The van der Waals surface area contributed by atoms with Gasteiger partial charge in [0.05, 0.1) is 6.61 Å². The number of fused-ring (bicyclic) bond motifs is 1. The molecular formula is C26H28N2O3. The van der Waals surface area contributed by atoms with Crippen LogP contribution in [0.4, 0.5) is 5.69 Å². The van der Waals surface area contributed by atoms with Crippen molar-refractivity contribution in [3.8, 4) is 11.5 Å². The Labute approximate surface area is 183 Å². The number of benzene rings is 2. The molecule has 5 nitrogen and oxygen atoms in total. The van der Waals surface area contributed by atoms with Gasteiger partial charge in [-0.3, -0.25) is 9.78 Å². The number of anilines is 1. The second-order valence-electron chi connectivity index (χ2n) is 7.88. The van der Waals surface area contributed by atoms with Crippen molar-refractivity contribution in [1.29, 1.82) is 0 Å². The van der Waals surface area contributed by atoms with Crippen molar-refractivity contribution in [2.45, 2.75) is 40.2 Å². The molecule has 1 aliphatic heterocycles. The minimum atomic E-state index is -0.00860. The monoisotopic (exact) mass is 416 g/mol. The number of pyridine rings is 1. The average Bonchev–Trinajstić information content (AvgIpc) is 2.78. The largest absolute Gasteiger partial charge is 0.490 e. The molecular weight excluding hydrogens is 388 g/mol. The van der Waals surface area contributed by atoms with Gasteiger partial charge in [-0.2, -0.15) is 0 Å². The number of aromatic nitrogens is 1. The van der Waals surface area contributed by atoms with E-state index in [0.717, 1.165) is 30.6 Å². The van der Waals surface area contributed by atoms with Gasteiger partial charge in [0.2, 0.25) is 0 Å². The van der Waals surface area contributed by atoms with E-state index in [1.807, 2.05) is 36.1 Å². The predicted octanol–water partition coefficient (Wildman–Crippen LogP) is 5.27. The van der Waals surface area contributed by atoms with Crippen molar-refractivity contribution in [1.82, 2.24) is 4.98 Å². The number of carbonyl (C=O) groups excluding carboxylic acids is 1. The van der Waals surface area contributed by atoms with E-state index in [1.54, 1.807) is 18.5 Å². The predicted molar refractivity (Wildman–Crippen MR) is 122 cm³/mol. The van der Waals surface area contributed by atoms with E-state index in [1.165, 1.54) is 16.7 Å². The lowest BCUT2D eigenvalue weighted by Crippen LogP contribution is -2.35. The van der Waals surface area contributed by atoms with Crippen LogP contribution in [0.1, 0.15) is 46.0 Å². The van der Waals surface area contributed by atoms with E-state index < -0.39 is 0 Å². The molecule has 0 aliphatic carbocycles. The van der Waals surface area contributed by atoms with Crippen LogP contribution in [0.3, 0.4) is 0 Å². The van der Waals surface area contributed by atoms with Crippen molar-refractivity contribution in [2.75, 3.05) is 18.1 Å². The highest BCUT2D eigenvalue weighted by molar-refractivity contribution is 6.07. The summed E-state index contributed by atoms with van der Waals surface area (Å²) in [5, 5.41) is 0. The molecule has 0 spiro atoms. The van der Waals surface area contributed by atoms with Crippen molar-refractivity contribution < 1.29 is 14.3 Å². The van der Waals surface area contributed by atoms with Gasteiger partial charge >= 0.3 is 0 Å². The Morgan fingerprint density at radius 2 is 1.97 bits per heavy atom. The van der Waals surface area contributed by atoms with Crippen LogP contribution in [0.5, 0.6) is 11.5 Å². The normalized spacial score (nSPS) is 12.9. The third-order valence-electron chi connectivity index (χ3n) is 5.55. The number of hydrogen-bond acceptors (Lipinski definition) is 4. The van der Waals surface area contributed by atoms with Gasteiger partial charge in [0.25, 0.3) is 5.91 Å². The van der Waals surface area contributed by atoms with Crippen LogP contribution < -0.4 is 14.4 Å². The topological polar surface area (TPSA) is 51.7 Å². The zero-order valence-corrected chi connectivity index (χ0v) is 18.4. The molecule has 0 atom stereocenters. The molecule has 1 aromatic heterocycles. The molecule has 0 unspecified atom stereocenters. The van der Waals surface area contributed by atoms with Crippen LogP contribution in [0.15, 0.2) is 54.9 Å². The summed E-state index contributed by atoms with van der Waals surface area (Å²) in [4.78, 5) is 19.5. The maximum absolute atomic E-state index is 13.5. The molecule has 0 bridgehead atoms. The minimum Gasteiger partial charge on any atom is -0.490 e. The number of ether oxygens (including phenoxy) is 2. The molecule has 2 aromatic carbocycles. The fourth-order valence-electron chi connectivity index (χ4n) is 4.12. The van der Waals surface area contributed by atoms with Crippen LogP contribution in [-0.2, 0) is 13.0 Å². The number of nitrogens with zero attached hydrogens (tertiary/aromatic N) is 2. The maximum Gasteiger partial charge on any atom is 0.258 e. The highest BCUT2D eigenvalue weighted by Crippen LogP contribution is 2.34. The molecule has 5 heteroatoms. The maximum atomic E-state index is 13.5. The Morgan fingerprint density at radius 3 is 2.74 bits per heavy atom. The Bertz CT molecular complexity index is 1080. The summed E-state index contributed by atoms with van der Waals surface area (Å²) in [7, 11) is 0. The Kier molecular flexibility index (Phi) is 6.21. The first-order chi connectivity index (χ1) is 15.1. The van der Waals surface area contributed by atoms with Crippen molar-refractivity contribution in [3.05, 3.63) is 82.7 Å². The van der Waals surface area contributed by atoms with Crippen LogP contribution >= 0.6 is 0 Å². The van der Waals surface area contributed by atoms with Gasteiger partial charge in [0, 0.05) is 35.8 Å². The summed E-state index contributed by atoms with van der Waals surface area (Å²) in [6, 6.07) is 13.6. The van der Waals surface area contributed by atoms with Gasteiger partial charge < -0.3 is 14.4 Å². The van der Waals surface area contributed by atoms with Gasteiger partial charge in [-0.25, -0.2) is 0 Å². The molecule has 0 saturated heterocycles. The first-order valence-electron chi connectivity index (χ1n) is 10.8. The Balaban J connectivity index is 1.60. The summed E-state index contributed by atoms with van der Waals surface area (Å²) in [5.41, 5.74) is 6.30. The van der Waals surface area contributed by atoms with Gasteiger partial charge in [0.15, 0.2) is 11.5 Å². The number of carbonyl (C=O) groups is 1. The number of aryl methyl sites for hydroxylation is 2. The first-order valence-corrected chi connectivity index (χ1v) is 10.8. The van der Waals surface area contributed by atoms with E-state index in [0.29, 0.717) is 30.3 Å². The van der Waals surface area contributed by atoms with Crippen LogP contribution in [0.25, 0.3) is 0 Å². The highest BCUT2D eigenvalue weighted by atomic mass is 16.5. The summed E-state index contributed by atoms with van der Waals surface area (Å²) >= 11 is 0. The Hall–Kier alpha value is -3.34. The van der Waals surface area contributed by atoms with Crippen LogP contribution in [0, 0.1) is 13.8 Å². The second-order valence-corrected chi connectivity index (χ2v) is 7.88. The summed E-state index contributed by atoms with van der Waals surface area (Å²) in [6.07, 6.45) is 5.48. The van der Waals surface area contributed by atoms with E-state index in [9.17, 15) is 4.79 Å². The molecule has 1 amide bonds. The van der Waals surface area contributed by atoms with E-state index in [2.05, 4.69) is 31.0 Å². The third kappa shape index (κ3) is 4.55. The molecule has 2 heterocycles. The van der Waals surface area contributed by atoms with Gasteiger partial charge in [-0.1, -0.05) is 12.1 Å². The second kappa shape index (κ2) is 9.21. The summed E-state index contributed by atoms with van der Waals surface area (Å²) in [5.74, 6) is 1.19. The van der Waals surface area contributed by atoms with Crippen LogP contribution in [0.2, 0.25) is 0 Å². The lowest BCUT2D eigenvalue weighted by molar-refractivity contribution is 0.0984. The molecule has 1 aliphatic rings. The molecule has 4 rings (SSSR count). The SMILES string of the molecule is CCOc1cc(C(=O)N2CCCc3c(C)cc(C)cc32)ccc1OCc1cccnc1. The fraction of sp³-hybridized carbons (Fsp3) is 0.308. The molecule has 31 heavy (non-hydrogen) atoms. The highest BCUT2D eigenvalue weighted by Gasteiger charge is 2.25. The Morgan fingerprint density at radius 1 is 1.10 bits per heavy atom. The summed E-state index contributed by atoms with van der Waals surface area (Å²) in [6.45, 7) is 7.72. The zero-order chi connectivity index (χ0) is 21.8. The smallest absolute Gasteiger partial charge is 0.258 e. The number of hydrogen-bond donors (Lipinski definition) is 0. The fourth-order valence-corrected chi connectivity index (χ4v) is 4.12. The molecule has 0 radical (unpaired) electrons. The van der Waals surface area contributed by atoms with Crippen molar-refractivity contribution >= 4 is 11.6 Å². The minimum absolute atomic E-state index is 0.00860. The van der Waals surface area contributed by atoms with E-state index >= 15 is 0 Å². The molecule has 160 valence electrons. The molecule has 0 fully saturated rings. The number of rotatable bonds is 6. The standard InChI is InChI=1S/C26H28N2O3/c1-4-30-25-15-21(9-10-24(25)31-17-20-7-5-11-27-16-20)26(29)28-12-6-8-22-19(3)13-18(2)14-23(22)28/h5,7,9-11,13-16H,4,6,8,12,17H2,1-3H3. The third-order valence-corrected chi connectivity index (χ3v) is 5.55. The van der Waals surface area contributed by atoms with Crippen molar-refractivity contribution in [2.24, 2.45) is 0 Å². The van der Waals surface area contributed by atoms with E-state index in [4.69, 9.17) is 9.47 Å². The van der Waals surface area contributed by atoms with Gasteiger partial charge in [-0.05, 0) is 80.6 Å². The van der Waals surface area contributed by atoms with Crippen molar-refractivity contribution in [3.63, 3.8) is 0 Å². The molecule has 0 saturated carbocycles. The van der Waals surface area contributed by atoms with Gasteiger partial charge in [0.1, 0.15) is 6.61 Å². The van der Waals surface area contributed by atoms with Gasteiger partial charge in [-0.15, -0.1) is 0 Å². The lowest BCUT2D eigenvalue weighted by atomic mass is 9.94. The molecule has 3 aromatic rings. The van der Waals surface area contributed by atoms with Crippen LogP contribution in [-0.4, -0.2) is 24.0 Å². The zero-order valence-electron chi connectivity index (χ0n) is 18.4. The lowest BCUT2D eigenvalue weighted by Gasteiger charge is -2.31. The van der Waals surface area contributed by atoms with E-state index in [-0.39, 0.29) is 5.91 Å². The summed E-state index contributed by atoms with van der Waals surface area (Å²) < 4.78 is 11.8. The quantitative estimate of drug-likeness (QED) is 0.549. The average molecular weight is 417 g/mol. The first kappa shape index (κ1) is 20.9.